The smallest absolute Gasteiger partial charge is 0.399 e. The molecule has 21 heavy (non-hydrogen) atoms. The lowest BCUT2D eigenvalue weighted by Crippen LogP contribution is -2.27. The van der Waals surface area contributed by atoms with Gasteiger partial charge in [-0.05, 0) is 36.4 Å². The summed E-state index contributed by atoms with van der Waals surface area (Å²) >= 11 is 0. The number of pyridine rings is 1. The molecule has 0 aliphatic heterocycles. The van der Waals surface area contributed by atoms with Gasteiger partial charge in [-0.3, -0.25) is 9.78 Å². The number of hydrogen-bond donors (Lipinski definition) is 1. The fourth-order valence-corrected chi connectivity index (χ4v) is 1.68. The van der Waals surface area contributed by atoms with Gasteiger partial charge in [0.1, 0.15) is 5.69 Å². The van der Waals surface area contributed by atoms with Crippen LogP contribution in [0.5, 0.6) is 0 Å². The molecular formula is C14H12F3N3O. The number of carbonyl (C=O) groups is 1. The molecule has 0 spiro atoms. The molecule has 2 aromatic rings. The predicted octanol–water partition coefficient (Wildman–Crippen LogP) is 2.96. The molecule has 0 atom stereocenters. The van der Waals surface area contributed by atoms with Crippen molar-refractivity contribution in [2.24, 2.45) is 0 Å². The zero-order valence-corrected chi connectivity index (χ0v) is 11.1. The Morgan fingerprint density at radius 1 is 1.14 bits per heavy atom. The summed E-state index contributed by atoms with van der Waals surface area (Å²) in [7, 11) is 1.51. The zero-order valence-electron chi connectivity index (χ0n) is 11.1. The highest BCUT2D eigenvalue weighted by Crippen LogP contribution is 2.28. The van der Waals surface area contributed by atoms with Gasteiger partial charge in [-0.25, -0.2) is 0 Å². The minimum absolute atomic E-state index is 0.0673. The lowest BCUT2D eigenvalue weighted by atomic mass is 10.2. The molecule has 0 unspecified atom stereocenters. The summed E-state index contributed by atoms with van der Waals surface area (Å²) in [5, 5.41) is 0. The van der Waals surface area contributed by atoms with Crippen molar-refractivity contribution in [3.05, 3.63) is 53.9 Å². The Hall–Kier alpha value is -2.57. The second kappa shape index (κ2) is 5.43. The van der Waals surface area contributed by atoms with Crippen LogP contribution in [0.2, 0.25) is 0 Å². The van der Waals surface area contributed by atoms with Gasteiger partial charge in [0.25, 0.3) is 5.91 Å². The molecule has 0 saturated heterocycles. The molecule has 0 aliphatic carbocycles. The number of aromatic nitrogens is 1. The Labute approximate surface area is 119 Å². The molecule has 0 aliphatic rings. The molecular weight excluding hydrogens is 283 g/mol. The summed E-state index contributed by atoms with van der Waals surface area (Å²) in [4.78, 5) is 17.0. The molecule has 0 bridgehead atoms. The van der Waals surface area contributed by atoms with Crippen LogP contribution >= 0.6 is 0 Å². The van der Waals surface area contributed by atoms with Crippen LogP contribution in [0.25, 0.3) is 0 Å². The predicted molar refractivity (Wildman–Crippen MR) is 72.8 cm³/mol. The standard InChI is InChI=1S/C14H12F3N3O/c1-20(11-5-3-10(18)4-6-11)13(21)12-7-2-9(8-19-12)14(15,16)17/h2-8H,18H2,1H3. The Kier molecular flexibility index (Phi) is 3.84. The Morgan fingerprint density at radius 3 is 2.24 bits per heavy atom. The van der Waals surface area contributed by atoms with Gasteiger partial charge in [0.2, 0.25) is 0 Å². The highest BCUT2D eigenvalue weighted by Gasteiger charge is 2.31. The van der Waals surface area contributed by atoms with E-state index in [1.165, 1.54) is 11.9 Å². The van der Waals surface area contributed by atoms with Crippen LogP contribution in [0, 0.1) is 0 Å². The number of amides is 1. The van der Waals surface area contributed by atoms with E-state index in [4.69, 9.17) is 5.73 Å². The fraction of sp³-hybridized carbons (Fsp3) is 0.143. The van der Waals surface area contributed by atoms with E-state index in [-0.39, 0.29) is 5.69 Å². The van der Waals surface area contributed by atoms with Gasteiger partial charge >= 0.3 is 6.18 Å². The van der Waals surface area contributed by atoms with E-state index in [9.17, 15) is 18.0 Å². The fourth-order valence-electron chi connectivity index (χ4n) is 1.68. The van der Waals surface area contributed by atoms with Crippen LogP contribution in [-0.2, 0) is 6.18 Å². The van der Waals surface area contributed by atoms with Crippen LogP contribution < -0.4 is 10.6 Å². The number of nitrogens with two attached hydrogens (primary N) is 1. The molecule has 1 aromatic heterocycles. The normalized spacial score (nSPS) is 11.2. The number of anilines is 2. The first-order valence-electron chi connectivity index (χ1n) is 5.96. The Balaban J connectivity index is 2.21. The van der Waals surface area contributed by atoms with Crippen molar-refractivity contribution in [3.63, 3.8) is 0 Å². The van der Waals surface area contributed by atoms with Gasteiger partial charge in [0.05, 0.1) is 5.56 Å². The average molecular weight is 295 g/mol. The molecule has 4 nitrogen and oxygen atoms in total. The number of nitrogens with zero attached hydrogens (tertiary/aromatic N) is 2. The first kappa shape index (κ1) is 14.8. The number of halogens is 3. The van der Waals surface area contributed by atoms with Crippen molar-refractivity contribution in [1.82, 2.24) is 4.98 Å². The van der Waals surface area contributed by atoms with Crippen molar-refractivity contribution >= 4 is 17.3 Å². The Morgan fingerprint density at radius 2 is 1.76 bits per heavy atom. The number of carbonyl (C=O) groups excluding carboxylic acids is 1. The zero-order chi connectivity index (χ0) is 15.6. The molecule has 1 aromatic carbocycles. The summed E-state index contributed by atoms with van der Waals surface area (Å²) in [5.41, 5.74) is 5.70. The van der Waals surface area contributed by atoms with Crippen molar-refractivity contribution in [2.45, 2.75) is 6.18 Å². The van der Waals surface area contributed by atoms with Crippen molar-refractivity contribution in [3.8, 4) is 0 Å². The lowest BCUT2D eigenvalue weighted by molar-refractivity contribution is -0.137. The van der Waals surface area contributed by atoms with Crippen LogP contribution in [0.15, 0.2) is 42.6 Å². The summed E-state index contributed by atoms with van der Waals surface area (Å²) < 4.78 is 37.3. The van der Waals surface area contributed by atoms with E-state index < -0.39 is 17.6 Å². The van der Waals surface area contributed by atoms with Crippen molar-refractivity contribution < 1.29 is 18.0 Å². The van der Waals surface area contributed by atoms with Crippen LogP contribution in [0.1, 0.15) is 16.1 Å². The quantitative estimate of drug-likeness (QED) is 0.867. The van der Waals surface area contributed by atoms with E-state index in [1.54, 1.807) is 24.3 Å². The van der Waals surface area contributed by atoms with Crippen molar-refractivity contribution in [1.29, 1.82) is 0 Å². The van der Waals surface area contributed by atoms with Crippen LogP contribution in [0.4, 0.5) is 24.5 Å². The first-order valence-corrected chi connectivity index (χ1v) is 5.96. The summed E-state index contributed by atoms with van der Waals surface area (Å²) in [5.74, 6) is -0.506. The minimum Gasteiger partial charge on any atom is -0.399 e. The summed E-state index contributed by atoms with van der Waals surface area (Å²) in [6, 6.07) is 8.41. The third-order valence-electron chi connectivity index (χ3n) is 2.89. The van der Waals surface area contributed by atoms with Gasteiger partial charge in [0, 0.05) is 24.6 Å². The second-order valence-corrected chi connectivity index (χ2v) is 4.39. The van der Waals surface area contributed by atoms with E-state index in [2.05, 4.69) is 4.98 Å². The molecule has 110 valence electrons. The molecule has 0 radical (unpaired) electrons. The van der Waals surface area contributed by atoms with E-state index in [0.29, 0.717) is 17.6 Å². The summed E-state index contributed by atoms with van der Waals surface area (Å²) in [6.45, 7) is 0. The lowest BCUT2D eigenvalue weighted by Gasteiger charge is -2.17. The SMILES string of the molecule is CN(C(=O)c1ccc(C(F)(F)F)cn1)c1ccc(N)cc1. The maximum Gasteiger partial charge on any atom is 0.417 e. The number of rotatable bonds is 2. The van der Waals surface area contributed by atoms with E-state index in [1.807, 2.05) is 0 Å². The summed E-state index contributed by atoms with van der Waals surface area (Å²) in [6.07, 6.45) is -3.83. The third kappa shape index (κ3) is 3.31. The first-order chi connectivity index (χ1) is 9.79. The van der Waals surface area contributed by atoms with Gasteiger partial charge in [-0.2, -0.15) is 13.2 Å². The Bertz CT molecular complexity index is 636. The molecule has 0 saturated carbocycles. The average Bonchev–Trinajstić information content (AvgIpc) is 2.46. The van der Waals surface area contributed by atoms with E-state index in [0.717, 1.165) is 12.1 Å². The third-order valence-corrected chi connectivity index (χ3v) is 2.89. The van der Waals surface area contributed by atoms with Crippen LogP contribution in [-0.4, -0.2) is 17.9 Å². The number of alkyl halides is 3. The molecule has 2 N–H and O–H groups in total. The van der Waals surface area contributed by atoms with Gasteiger partial charge in [-0.15, -0.1) is 0 Å². The largest absolute Gasteiger partial charge is 0.417 e. The molecule has 1 amide bonds. The maximum atomic E-state index is 12.4. The number of hydrogen-bond acceptors (Lipinski definition) is 3. The molecule has 0 fully saturated rings. The van der Waals surface area contributed by atoms with Gasteiger partial charge in [-0.1, -0.05) is 0 Å². The molecule has 1 heterocycles. The topological polar surface area (TPSA) is 59.2 Å². The second-order valence-electron chi connectivity index (χ2n) is 4.39. The van der Waals surface area contributed by atoms with Crippen molar-refractivity contribution in [2.75, 3.05) is 17.7 Å². The number of nitrogen functional groups attached to an aromatic ring is 1. The molecule has 7 heteroatoms. The number of benzene rings is 1. The minimum atomic E-state index is -4.47. The highest BCUT2D eigenvalue weighted by atomic mass is 19.4. The molecule has 2 rings (SSSR count). The van der Waals surface area contributed by atoms with Crippen LogP contribution in [0.3, 0.4) is 0 Å². The van der Waals surface area contributed by atoms with E-state index >= 15 is 0 Å². The van der Waals surface area contributed by atoms with Gasteiger partial charge in [0.15, 0.2) is 0 Å². The maximum absolute atomic E-state index is 12.4. The highest BCUT2D eigenvalue weighted by molar-refractivity contribution is 6.04. The monoisotopic (exact) mass is 295 g/mol. The van der Waals surface area contributed by atoms with Gasteiger partial charge < -0.3 is 10.6 Å².